The smallest absolute Gasteiger partial charge is 0.224 e. The van der Waals surface area contributed by atoms with Crippen LogP contribution in [0.3, 0.4) is 0 Å². The molecule has 1 aliphatic heterocycles. The maximum absolute atomic E-state index is 12.0. The molecular formula is C19H22N2O3. The summed E-state index contributed by atoms with van der Waals surface area (Å²) in [5.41, 5.74) is 1.89. The van der Waals surface area contributed by atoms with Crippen LogP contribution in [0.4, 0.5) is 5.69 Å². The van der Waals surface area contributed by atoms with Crippen molar-refractivity contribution in [2.75, 3.05) is 18.5 Å². The molecule has 1 aromatic heterocycles. The minimum absolute atomic E-state index is 0.000152. The molecule has 1 aliphatic rings. The van der Waals surface area contributed by atoms with Gasteiger partial charge in [-0.3, -0.25) is 9.78 Å². The summed E-state index contributed by atoms with van der Waals surface area (Å²) in [5, 5.41) is 2.90. The van der Waals surface area contributed by atoms with Crippen LogP contribution in [0.25, 0.3) is 0 Å². The average Bonchev–Trinajstić information content (AvgIpc) is 3.14. The summed E-state index contributed by atoms with van der Waals surface area (Å²) in [6.45, 7) is 1.41. The quantitative estimate of drug-likeness (QED) is 0.849. The number of hydrogen-bond donors (Lipinski definition) is 1. The fourth-order valence-electron chi connectivity index (χ4n) is 2.63. The molecule has 0 aliphatic carbocycles. The summed E-state index contributed by atoms with van der Waals surface area (Å²) < 4.78 is 11.2. The van der Waals surface area contributed by atoms with Gasteiger partial charge in [0.05, 0.1) is 6.10 Å². The number of hydrogen-bond acceptors (Lipinski definition) is 4. The number of carbonyl (C=O) groups excluding carboxylic acids is 1. The number of ether oxygens (including phenoxy) is 2. The molecule has 1 saturated heterocycles. The fourth-order valence-corrected chi connectivity index (χ4v) is 2.63. The fraction of sp³-hybridized carbons (Fsp3) is 0.368. The third-order valence-corrected chi connectivity index (χ3v) is 3.99. The zero-order valence-corrected chi connectivity index (χ0v) is 13.6. The second-order valence-electron chi connectivity index (χ2n) is 5.87. The molecule has 0 bridgehead atoms. The minimum atomic E-state index is -0.000152. The first-order valence-electron chi connectivity index (χ1n) is 8.33. The summed E-state index contributed by atoms with van der Waals surface area (Å²) in [4.78, 5) is 16.0. The SMILES string of the molecule is O=C(CCc1ccncc1)Nc1ccc(OCC2CCCO2)cc1. The van der Waals surface area contributed by atoms with Crippen LogP contribution in [-0.4, -0.2) is 30.2 Å². The summed E-state index contributed by atoms with van der Waals surface area (Å²) in [6, 6.07) is 11.3. The second-order valence-corrected chi connectivity index (χ2v) is 5.87. The van der Waals surface area contributed by atoms with Gasteiger partial charge >= 0.3 is 0 Å². The highest BCUT2D eigenvalue weighted by Gasteiger charge is 2.15. The summed E-state index contributed by atoms with van der Waals surface area (Å²) in [6.07, 6.45) is 7.01. The van der Waals surface area contributed by atoms with Gasteiger partial charge in [-0.05, 0) is 61.2 Å². The molecule has 2 heterocycles. The highest BCUT2D eigenvalue weighted by molar-refractivity contribution is 5.90. The molecule has 1 aromatic carbocycles. The lowest BCUT2D eigenvalue weighted by Gasteiger charge is -2.12. The van der Waals surface area contributed by atoms with Crippen molar-refractivity contribution in [1.82, 2.24) is 4.98 Å². The van der Waals surface area contributed by atoms with E-state index in [1.54, 1.807) is 12.4 Å². The summed E-state index contributed by atoms with van der Waals surface area (Å²) >= 11 is 0. The number of benzene rings is 1. The van der Waals surface area contributed by atoms with E-state index in [0.29, 0.717) is 19.4 Å². The van der Waals surface area contributed by atoms with E-state index in [1.807, 2.05) is 36.4 Å². The predicted octanol–water partition coefficient (Wildman–Crippen LogP) is 3.21. The van der Waals surface area contributed by atoms with Crippen LogP contribution in [0.5, 0.6) is 5.75 Å². The number of rotatable bonds is 7. The van der Waals surface area contributed by atoms with Crippen LogP contribution in [-0.2, 0) is 16.0 Å². The Morgan fingerprint density at radius 2 is 2.00 bits per heavy atom. The van der Waals surface area contributed by atoms with Crippen molar-refractivity contribution in [3.05, 3.63) is 54.4 Å². The van der Waals surface area contributed by atoms with Gasteiger partial charge in [0.1, 0.15) is 12.4 Å². The highest BCUT2D eigenvalue weighted by Crippen LogP contribution is 2.18. The van der Waals surface area contributed by atoms with Gasteiger partial charge in [-0.15, -0.1) is 0 Å². The largest absolute Gasteiger partial charge is 0.491 e. The van der Waals surface area contributed by atoms with Crippen molar-refractivity contribution < 1.29 is 14.3 Å². The van der Waals surface area contributed by atoms with E-state index in [1.165, 1.54) is 0 Å². The number of amides is 1. The third-order valence-electron chi connectivity index (χ3n) is 3.99. The van der Waals surface area contributed by atoms with Crippen LogP contribution in [0.2, 0.25) is 0 Å². The van der Waals surface area contributed by atoms with Gasteiger partial charge < -0.3 is 14.8 Å². The zero-order chi connectivity index (χ0) is 16.6. The lowest BCUT2D eigenvalue weighted by molar-refractivity contribution is -0.116. The lowest BCUT2D eigenvalue weighted by atomic mass is 10.1. The Labute approximate surface area is 142 Å². The standard InChI is InChI=1S/C19H22N2O3/c22-19(8-3-15-9-11-20-12-10-15)21-16-4-6-17(7-5-16)24-14-18-2-1-13-23-18/h4-7,9-12,18H,1-3,8,13-14H2,(H,21,22). The Balaban J connectivity index is 1.42. The second kappa shape index (κ2) is 8.45. The summed E-state index contributed by atoms with van der Waals surface area (Å²) in [7, 11) is 0. The van der Waals surface area contributed by atoms with Crippen molar-refractivity contribution >= 4 is 11.6 Å². The molecule has 1 atom stereocenters. The van der Waals surface area contributed by atoms with Crippen molar-refractivity contribution in [2.45, 2.75) is 31.8 Å². The molecule has 1 amide bonds. The molecule has 1 unspecified atom stereocenters. The van der Waals surface area contributed by atoms with E-state index in [2.05, 4.69) is 10.3 Å². The van der Waals surface area contributed by atoms with Gasteiger partial charge in [-0.1, -0.05) is 0 Å². The number of aryl methyl sites for hydroxylation is 1. The Hall–Kier alpha value is -2.40. The first-order valence-corrected chi connectivity index (χ1v) is 8.33. The Kier molecular flexibility index (Phi) is 5.80. The van der Waals surface area contributed by atoms with Gasteiger partial charge in [-0.2, -0.15) is 0 Å². The predicted molar refractivity (Wildman–Crippen MR) is 92.1 cm³/mol. The lowest BCUT2D eigenvalue weighted by Crippen LogP contribution is -2.16. The number of aromatic nitrogens is 1. The van der Waals surface area contributed by atoms with E-state index in [9.17, 15) is 4.79 Å². The molecule has 3 rings (SSSR count). The first kappa shape index (κ1) is 16.5. The molecule has 5 nitrogen and oxygen atoms in total. The normalized spacial score (nSPS) is 16.8. The van der Waals surface area contributed by atoms with E-state index in [0.717, 1.165) is 36.4 Å². The van der Waals surface area contributed by atoms with Crippen LogP contribution >= 0.6 is 0 Å². The third kappa shape index (κ3) is 5.06. The molecule has 126 valence electrons. The molecule has 0 radical (unpaired) electrons. The first-order chi connectivity index (χ1) is 11.8. The average molecular weight is 326 g/mol. The van der Waals surface area contributed by atoms with Gasteiger partial charge in [0.2, 0.25) is 5.91 Å². The van der Waals surface area contributed by atoms with Crippen LogP contribution in [0, 0.1) is 0 Å². The topological polar surface area (TPSA) is 60.5 Å². The summed E-state index contributed by atoms with van der Waals surface area (Å²) in [5.74, 6) is 0.792. The van der Waals surface area contributed by atoms with E-state index < -0.39 is 0 Å². The molecule has 1 fully saturated rings. The van der Waals surface area contributed by atoms with Crippen LogP contribution in [0.15, 0.2) is 48.8 Å². The van der Waals surface area contributed by atoms with E-state index in [4.69, 9.17) is 9.47 Å². The molecule has 1 N–H and O–H groups in total. The Bertz CT molecular complexity index is 637. The van der Waals surface area contributed by atoms with Crippen molar-refractivity contribution in [3.8, 4) is 5.75 Å². The van der Waals surface area contributed by atoms with Gasteiger partial charge in [0, 0.05) is 31.1 Å². The molecule has 2 aromatic rings. The molecule has 24 heavy (non-hydrogen) atoms. The van der Waals surface area contributed by atoms with E-state index in [-0.39, 0.29) is 12.0 Å². The number of anilines is 1. The van der Waals surface area contributed by atoms with Gasteiger partial charge in [-0.25, -0.2) is 0 Å². The minimum Gasteiger partial charge on any atom is -0.491 e. The monoisotopic (exact) mass is 326 g/mol. The van der Waals surface area contributed by atoms with Gasteiger partial charge in [0.25, 0.3) is 0 Å². The Morgan fingerprint density at radius 1 is 1.21 bits per heavy atom. The van der Waals surface area contributed by atoms with Crippen molar-refractivity contribution in [3.63, 3.8) is 0 Å². The van der Waals surface area contributed by atoms with Gasteiger partial charge in [0.15, 0.2) is 0 Å². The zero-order valence-electron chi connectivity index (χ0n) is 13.6. The van der Waals surface area contributed by atoms with Crippen LogP contribution < -0.4 is 10.1 Å². The number of nitrogens with zero attached hydrogens (tertiary/aromatic N) is 1. The van der Waals surface area contributed by atoms with Crippen molar-refractivity contribution in [1.29, 1.82) is 0 Å². The molecule has 0 spiro atoms. The number of nitrogens with one attached hydrogen (secondary N) is 1. The van der Waals surface area contributed by atoms with Crippen molar-refractivity contribution in [2.24, 2.45) is 0 Å². The maximum Gasteiger partial charge on any atom is 0.224 e. The molecule has 0 saturated carbocycles. The number of pyridine rings is 1. The number of carbonyl (C=O) groups is 1. The van der Waals surface area contributed by atoms with E-state index >= 15 is 0 Å². The maximum atomic E-state index is 12.0. The highest BCUT2D eigenvalue weighted by atomic mass is 16.5. The molecule has 5 heteroatoms. The molecular weight excluding hydrogens is 304 g/mol. The Morgan fingerprint density at radius 3 is 2.71 bits per heavy atom. The van der Waals surface area contributed by atoms with Crippen LogP contribution in [0.1, 0.15) is 24.8 Å².